The van der Waals surface area contributed by atoms with Crippen molar-refractivity contribution in [3.63, 3.8) is 0 Å². The van der Waals surface area contributed by atoms with Crippen LogP contribution in [-0.4, -0.2) is 46.5 Å². The molecule has 1 amide bonds. The van der Waals surface area contributed by atoms with E-state index < -0.39 is 0 Å². The van der Waals surface area contributed by atoms with E-state index in [1.165, 1.54) is 4.88 Å². The van der Waals surface area contributed by atoms with Gasteiger partial charge in [-0.3, -0.25) is 4.79 Å². The van der Waals surface area contributed by atoms with Crippen molar-refractivity contribution >= 4 is 44.9 Å². The Morgan fingerprint density at radius 3 is 2.48 bits per heavy atom. The van der Waals surface area contributed by atoms with Crippen molar-refractivity contribution in [3.8, 4) is 11.1 Å². The lowest BCUT2D eigenvalue weighted by Gasteiger charge is -2.40. The molecule has 0 radical (unpaired) electrons. The molecule has 0 N–H and O–H groups in total. The first-order chi connectivity index (χ1) is 16.0. The molecule has 1 aliphatic heterocycles. The number of hydrogen-bond donors (Lipinski definition) is 0. The van der Waals surface area contributed by atoms with Gasteiger partial charge in [0.2, 0.25) is 5.28 Å². The fraction of sp³-hybridized carbons (Fsp3) is 0.269. The summed E-state index contributed by atoms with van der Waals surface area (Å²) >= 11 is 7.92. The number of benzene rings is 2. The van der Waals surface area contributed by atoms with Crippen molar-refractivity contribution in [2.24, 2.45) is 0 Å². The van der Waals surface area contributed by atoms with Crippen LogP contribution in [-0.2, 0) is 6.42 Å². The molecular weight excluding hydrogens is 452 g/mol. The fourth-order valence-corrected chi connectivity index (χ4v) is 5.58. The van der Waals surface area contributed by atoms with E-state index in [1.807, 2.05) is 47.4 Å². The molecule has 0 saturated carbocycles. The van der Waals surface area contributed by atoms with Crippen molar-refractivity contribution in [2.45, 2.75) is 26.3 Å². The van der Waals surface area contributed by atoms with Gasteiger partial charge in [0, 0.05) is 36.1 Å². The van der Waals surface area contributed by atoms with Crippen LogP contribution in [0.5, 0.6) is 0 Å². The molecule has 5 nitrogen and oxygen atoms in total. The smallest absolute Gasteiger partial charge is 0.253 e. The van der Waals surface area contributed by atoms with Gasteiger partial charge in [-0.1, -0.05) is 49.4 Å². The van der Waals surface area contributed by atoms with Gasteiger partial charge in [-0.05, 0) is 54.3 Å². The van der Waals surface area contributed by atoms with Gasteiger partial charge >= 0.3 is 0 Å². The molecule has 0 aliphatic carbocycles. The van der Waals surface area contributed by atoms with Crippen LogP contribution in [0.15, 0.2) is 60.7 Å². The van der Waals surface area contributed by atoms with Crippen LogP contribution in [0.1, 0.15) is 29.1 Å². The van der Waals surface area contributed by atoms with Crippen molar-refractivity contribution in [3.05, 3.63) is 76.4 Å². The highest BCUT2D eigenvalue weighted by atomic mass is 35.5. The molecule has 1 saturated heterocycles. The topological polar surface area (TPSA) is 49.3 Å². The summed E-state index contributed by atoms with van der Waals surface area (Å²) in [4.78, 5) is 28.6. The van der Waals surface area contributed by atoms with E-state index in [2.05, 4.69) is 46.9 Å². The number of aryl methyl sites for hydroxylation is 1. The molecular formula is C26H25ClN4OS. The third-order valence-corrected chi connectivity index (χ3v) is 7.51. The highest BCUT2D eigenvalue weighted by Gasteiger charge is 2.30. The third-order valence-electron chi connectivity index (χ3n) is 6.17. The van der Waals surface area contributed by atoms with Gasteiger partial charge in [-0.2, -0.15) is 4.98 Å². The molecule has 1 aliphatic rings. The number of rotatable bonds is 4. The summed E-state index contributed by atoms with van der Waals surface area (Å²) in [6.07, 6.45) is 0.957. The summed E-state index contributed by atoms with van der Waals surface area (Å²) in [5.41, 5.74) is 2.97. The molecule has 7 heteroatoms. The van der Waals surface area contributed by atoms with E-state index in [-0.39, 0.29) is 17.2 Å². The largest absolute Gasteiger partial charge is 0.350 e. The molecule has 1 atom stereocenters. The number of carbonyl (C=O) groups is 1. The Morgan fingerprint density at radius 1 is 1.06 bits per heavy atom. The number of nitrogens with zero attached hydrogens (tertiary/aromatic N) is 4. The lowest BCUT2D eigenvalue weighted by molar-refractivity contribution is 0.0726. The van der Waals surface area contributed by atoms with E-state index in [1.54, 1.807) is 11.3 Å². The second-order valence-corrected chi connectivity index (χ2v) is 9.79. The average molecular weight is 477 g/mol. The molecule has 2 aromatic heterocycles. The summed E-state index contributed by atoms with van der Waals surface area (Å²) in [5, 5.41) is 1.32. The van der Waals surface area contributed by atoms with Crippen LogP contribution in [0.3, 0.4) is 0 Å². The Labute approximate surface area is 202 Å². The van der Waals surface area contributed by atoms with Crippen LogP contribution in [0.25, 0.3) is 21.3 Å². The number of halogens is 1. The number of carbonyl (C=O) groups excluding carboxylic acids is 1. The minimum absolute atomic E-state index is 0.0655. The van der Waals surface area contributed by atoms with Crippen molar-refractivity contribution in [1.82, 2.24) is 14.9 Å². The number of thiophene rings is 1. The molecule has 1 fully saturated rings. The van der Waals surface area contributed by atoms with Gasteiger partial charge in [0.25, 0.3) is 5.91 Å². The molecule has 2 aromatic carbocycles. The van der Waals surface area contributed by atoms with E-state index >= 15 is 0 Å². The minimum atomic E-state index is 0.0655. The van der Waals surface area contributed by atoms with Crippen LogP contribution in [0.4, 0.5) is 5.82 Å². The highest BCUT2D eigenvalue weighted by molar-refractivity contribution is 7.18. The number of anilines is 1. The van der Waals surface area contributed by atoms with Crippen LogP contribution in [0.2, 0.25) is 5.28 Å². The maximum Gasteiger partial charge on any atom is 0.253 e. The molecule has 0 bridgehead atoms. The Hall–Kier alpha value is -2.96. The molecule has 0 unspecified atom stereocenters. The lowest BCUT2D eigenvalue weighted by atomic mass is 10.0. The summed E-state index contributed by atoms with van der Waals surface area (Å²) in [6.45, 7) is 6.24. The summed E-state index contributed by atoms with van der Waals surface area (Å²) in [6, 6.07) is 20.4. The van der Waals surface area contributed by atoms with E-state index in [4.69, 9.17) is 11.6 Å². The standard InChI is InChI=1S/C26H25ClN4OS/c1-3-21-15-22-23(28-26(27)29-24(22)33-21)31-14-13-30(16-17(31)2)25(32)20-11-9-19(10-12-20)18-7-5-4-6-8-18/h4-12,15,17H,3,13-14,16H2,1-2H3/t17-/m1/s1. The van der Waals surface area contributed by atoms with Gasteiger partial charge in [0.05, 0.1) is 5.39 Å². The van der Waals surface area contributed by atoms with Crippen molar-refractivity contribution in [2.75, 3.05) is 24.5 Å². The monoisotopic (exact) mass is 476 g/mol. The number of amides is 1. The highest BCUT2D eigenvalue weighted by Crippen LogP contribution is 2.34. The quantitative estimate of drug-likeness (QED) is 0.343. The Bertz CT molecular complexity index is 1290. The molecule has 168 valence electrons. The second-order valence-electron chi connectivity index (χ2n) is 8.34. The number of aromatic nitrogens is 2. The molecule has 5 rings (SSSR count). The van der Waals surface area contributed by atoms with Gasteiger partial charge in [-0.15, -0.1) is 11.3 Å². The SMILES string of the molecule is CCc1cc2c(N3CCN(C(=O)c4ccc(-c5ccccc5)cc4)C[C@H]3C)nc(Cl)nc2s1. The van der Waals surface area contributed by atoms with E-state index in [9.17, 15) is 4.79 Å². The first kappa shape index (κ1) is 21.9. The van der Waals surface area contributed by atoms with Gasteiger partial charge in [-0.25, -0.2) is 4.98 Å². The predicted octanol–water partition coefficient (Wildman–Crippen LogP) is 5.93. The zero-order valence-electron chi connectivity index (χ0n) is 18.7. The molecule has 33 heavy (non-hydrogen) atoms. The van der Waals surface area contributed by atoms with E-state index in [0.29, 0.717) is 25.2 Å². The number of piperazine rings is 1. The van der Waals surface area contributed by atoms with E-state index in [0.717, 1.165) is 33.6 Å². The molecule has 4 aromatic rings. The molecule has 3 heterocycles. The normalized spacial score (nSPS) is 16.4. The van der Waals surface area contributed by atoms with Crippen molar-refractivity contribution in [1.29, 1.82) is 0 Å². The van der Waals surface area contributed by atoms with Gasteiger partial charge in [0.1, 0.15) is 10.6 Å². The Kier molecular flexibility index (Phi) is 6.04. The average Bonchev–Trinajstić information content (AvgIpc) is 3.27. The van der Waals surface area contributed by atoms with Crippen LogP contribution in [0, 0.1) is 0 Å². The summed E-state index contributed by atoms with van der Waals surface area (Å²) in [7, 11) is 0. The second kappa shape index (κ2) is 9.12. The molecule has 0 spiro atoms. The lowest BCUT2D eigenvalue weighted by Crippen LogP contribution is -2.54. The number of fused-ring (bicyclic) bond motifs is 1. The first-order valence-corrected chi connectivity index (χ1v) is 12.4. The van der Waals surface area contributed by atoms with Crippen molar-refractivity contribution < 1.29 is 4.79 Å². The van der Waals surface area contributed by atoms with Gasteiger partial charge < -0.3 is 9.80 Å². The predicted molar refractivity (Wildman–Crippen MR) is 136 cm³/mol. The van der Waals surface area contributed by atoms with Crippen LogP contribution < -0.4 is 4.90 Å². The fourth-order valence-electron chi connectivity index (χ4n) is 4.40. The first-order valence-electron chi connectivity index (χ1n) is 11.2. The Morgan fingerprint density at radius 2 is 1.79 bits per heavy atom. The zero-order valence-corrected chi connectivity index (χ0v) is 20.2. The zero-order chi connectivity index (χ0) is 22.9. The summed E-state index contributed by atoms with van der Waals surface area (Å²) in [5.74, 6) is 0.934. The maximum atomic E-state index is 13.2. The Balaban J connectivity index is 1.33. The van der Waals surface area contributed by atoms with Gasteiger partial charge in [0.15, 0.2) is 0 Å². The third kappa shape index (κ3) is 4.33. The van der Waals surface area contributed by atoms with Crippen LogP contribution >= 0.6 is 22.9 Å². The number of hydrogen-bond acceptors (Lipinski definition) is 5. The maximum absolute atomic E-state index is 13.2. The minimum Gasteiger partial charge on any atom is -0.350 e. The summed E-state index contributed by atoms with van der Waals surface area (Å²) < 4.78 is 0.